The summed E-state index contributed by atoms with van der Waals surface area (Å²) in [5.41, 5.74) is 1.15. The summed E-state index contributed by atoms with van der Waals surface area (Å²) < 4.78 is 28.0. The molecule has 3 rings (SSSR count). The van der Waals surface area contributed by atoms with Crippen molar-refractivity contribution in [2.75, 3.05) is 32.7 Å². The van der Waals surface area contributed by atoms with E-state index in [1.165, 1.54) is 0 Å². The van der Waals surface area contributed by atoms with Crippen molar-refractivity contribution in [1.82, 2.24) is 14.9 Å². The molecule has 0 radical (unpaired) electrons. The Hall–Kier alpha value is -0.630. The highest BCUT2D eigenvalue weighted by atomic mass is 35.5. The molecular weight excluding hydrogens is 362 g/mol. The van der Waals surface area contributed by atoms with Gasteiger partial charge in [0.25, 0.3) is 0 Å². The van der Waals surface area contributed by atoms with Gasteiger partial charge in [0.1, 0.15) is 0 Å². The van der Waals surface area contributed by atoms with E-state index in [1.54, 1.807) is 4.90 Å². The van der Waals surface area contributed by atoms with Gasteiger partial charge < -0.3 is 10.2 Å². The average Bonchev–Trinajstić information content (AvgIpc) is 3.15. The van der Waals surface area contributed by atoms with Crippen LogP contribution in [-0.2, 0) is 14.8 Å². The highest BCUT2D eigenvalue weighted by molar-refractivity contribution is 7.90. The zero-order chi connectivity index (χ0) is 17.0. The first-order valence-corrected chi connectivity index (χ1v) is 10.8. The minimum Gasteiger partial charge on any atom is -0.341 e. The lowest BCUT2D eigenvalue weighted by Crippen LogP contribution is -2.50. The van der Waals surface area contributed by atoms with E-state index in [1.807, 2.05) is 0 Å². The van der Waals surface area contributed by atoms with Gasteiger partial charge in [-0.2, -0.15) is 0 Å². The van der Waals surface area contributed by atoms with Crippen molar-refractivity contribution < 1.29 is 13.2 Å². The number of hydrogen-bond donors (Lipinski definition) is 2. The second-order valence-corrected chi connectivity index (χ2v) is 9.26. The van der Waals surface area contributed by atoms with Crippen LogP contribution in [-0.4, -0.2) is 57.2 Å². The second-order valence-electron chi connectivity index (χ2n) is 7.21. The number of likely N-dealkylation sites (tertiary alicyclic amines) is 1. The highest BCUT2D eigenvalue weighted by Gasteiger charge is 2.35. The van der Waals surface area contributed by atoms with Crippen LogP contribution >= 0.6 is 12.4 Å². The summed E-state index contributed by atoms with van der Waals surface area (Å²) in [4.78, 5) is 14.4. The van der Waals surface area contributed by atoms with E-state index in [0.29, 0.717) is 26.1 Å². The largest absolute Gasteiger partial charge is 0.341 e. The molecule has 2 aliphatic heterocycles. The van der Waals surface area contributed by atoms with E-state index in [9.17, 15) is 13.2 Å². The second kappa shape index (κ2) is 9.35. The number of nitrogens with one attached hydrogen (secondary N) is 2. The van der Waals surface area contributed by atoms with Crippen LogP contribution < -0.4 is 10.0 Å². The molecule has 1 amide bonds. The number of nitrogens with zero attached hydrogens (tertiary/aromatic N) is 1. The Kier molecular flexibility index (Phi) is 7.73. The molecule has 2 fully saturated rings. The van der Waals surface area contributed by atoms with Crippen LogP contribution in [0.2, 0.25) is 0 Å². The summed E-state index contributed by atoms with van der Waals surface area (Å²) in [5.74, 6) is 0.299. The summed E-state index contributed by atoms with van der Waals surface area (Å²) in [6.07, 6.45) is 8.54. The first-order chi connectivity index (χ1) is 11.6. The van der Waals surface area contributed by atoms with Crippen LogP contribution in [0.1, 0.15) is 44.9 Å². The van der Waals surface area contributed by atoms with Crippen LogP contribution in [0.4, 0.5) is 0 Å². The first kappa shape index (κ1) is 20.7. The smallest absolute Gasteiger partial charge is 0.225 e. The maximum Gasteiger partial charge on any atom is 0.225 e. The van der Waals surface area contributed by atoms with Crippen LogP contribution in [0.3, 0.4) is 0 Å². The van der Waals surface area contributed by atoms with Crippen LogP contribution in [0.15, 0.2) is 11.6 Å². The van der Waals surface area contributed by atoms with Crippen LogP contribution in [0.25, 0.3) is 0 Å². The van der Waals surface area contributed by atoms with Crippen LogP contribution in [0, 0.1) is 5.92 Å². The standard InChI is InChI=1S/C17H29N3O3S.ClH/c21-17(15-4-1-2-5-15)20-11-3-6-16(13-20)24(22,23)19-12-14-7-9-18-10-8-14;/h7,15-16,18-19H,1-6,8-13H2;1H. The Balaban J connectivity index is 0.00000225. The molecule has 0 aromatic rings. The number of hydrogen-bond acceptors (Lipinski definition) is 4. The summed E-state index contributed by atoms with van der Waals surface area (Å²) in [6, 6.07) is 0. The average molecular weight is 392 g/mol. The first-order valence-electron chi connectivity index (χ1n) is 9.22. The van der Waals surface area contributed by atoms with Gasteiger partial charge in [-0.25, -0.2) is 13.1 Å². The molecule has 2 heterocycles. The van der Waals surface area contributed by atoms with E-state index in [2.05, 4.69) is 16.1 Å². The van der Waals surface area contributed by atoms with Gasteiger partial charge in [0.15, 0.2) is 0 Å². The van der Waals surface area contributed by atoms with Crippen molar-refractivity contribution in [3.63, 3.8) is 0 Å². The fourth-order valence-electron chi connectivity index (χ4n) is 3.96. The number of piperidine rings is 1. The number of halogens is 1. The zero-order valence-corrected chi connectivity index (χ0v) is 16.3. The minimum atomic E-state index is -3.38. The maximum absolute atomic E-state index is 12.6. The van der Waals surface area contributed by atoms with Gasteiger partial charge in [0.05, 0.1) is 5.25 Å². The van der Waals surface area contributed by atoms with Gasteiger partial charge in [0.2, 0.25) is 15.9 Å². The fourth-order valence-corrected chi connectivity index (χ4v) is 5.44. The molecule has 0 bridgehead atoms. The third-order valence-corrected chi connectivity index (χ3v) is 7.30. The third-order valence-electron chi connectivity index (χ3n) is 5.49. The molecule has 1 aliphatic carbocycles. The van der Waals surface area contributed by atoms with Crippen molar-refractivity contribution >= 4 is 28.3 Å². The number of rotatable bonds is 5. The molecule has 25 heavy (non-hydrogen) atoms. The van der Waals surface area contributed by atoms with Gasteiger partial charge in [0, 0.05) is 32.1 Å². The Morgan fingerprint density at radius 3 is 2.68 bits per heavy atom. The summed E-state index contributed by atoms with van der Waals surface area (Å²) in [5, 5.41) is 2.75. The molecule has 0 aromatic heterocycles. The molecule has 0 aromatic carbocycles. The molecule has 0 spiro atoms. The van der Waals surface area contributed by atoms with Gasteiger partial charge in [-0.3, -0.25) is 4.79 Å². The lowest BCUT2D eigenvalue weighted by atomic mass is 10.0. The summed E-state index contributed by atoms with van der Waals surface area (Å²) in [6.45, 7) is 3.17. The van der Waals surface area contributed by atoms with Crippen molar-refractivity contribution in [2.24, 2.45) is 5.92 Å². The normalized spacial score (nSPS) is 25.4. The van der Waals surface area contributed by atoms with Crippen LogP contribution in [0.5, 0.6) is 0 Å². The molecular formula is C17H30ClN3O3S. The Bertz CT molecular complexity index is 588. The van der Waals surface area contributed by atoms with E-state index in [0.717, 1.165) is 57.2 Å². The third kappa shape index (κ3) is 5.42. The topological polar surface area (TPSA) is 78.5 Å². The predicted octanol–water partition coefficient (Wildman–Crippen LogP) is 1.43. The molecule has 1 atom stereocenters. The molecule has 1 saturated heterocycles. The SMILES string of the molecule is Cl.O=C(C1CCCC1)N1CCCC(S(=O)(=O)NCC2=CCNCC2)C1. The zero-order valence-electron chi connectivity index (χ0n) is 14.7. The molecule has 2 N–H and O–H groups in total. The van der Waals surface area contributed by atoms with Gasteiger partial charge in [-0.15, -0.1) is 12.4 Å². The molecule has 6 nitrogen and oxygen atoms in total. The number of carbonyl (C=O) groups is 1. The van der Waals surface area contributed by atoms with Gasteiger partial charge in [-0.1, -0.05) is 24.5 Å². The maximum atomic E-state index is 12.6. The van der Waals surface area contributed by atoms with E-state index >= 15 is 0 Å². The van der Waals surface area contributed by atoms with E-state index in [4.69, 9.17) is 0 Å². The summed E-state index contributed by atoms with van der Waals surface area (Å²) in [7, 11) is -3.38. The van der Waals surface area contributed by atoms with Crippen molar-refractivity contribution in [1.29, 1.82) is 0 Å². The Labute approximate surface area is 157 Å². The van der Waals surface area contributed by atoms with Crippen molar-refractivity contribution in [3.8, 4) is 0 Å². The monoisotopic (exact) mass is 391 g/mol. The van der Waals surface area contributed by atoms with Gasteiger partial charge in [-0.05, 0) is 38.6 Å². The Morgan fingerprint density at radius 1 is 1.24 bits per heavy atom. The molecule has 1 unspecified atom stereocenters. The number of amides is 1. The number of sulfonamides is 1. The highest BCUT2D eigenvalue weighted by Crippen LogP contribution is 2.28. The summed E-state index contributed by atoms with van der Waals surface area (Å²) >= 11 is 0. The Morgan fingerprint density at radius 2 is 2.00 bits per heavy atom. The lowest BCUT2D eigenvalue weighted by Gasteiger charge is -2.34. The lowest BCUT2D eigenvalue weighted by molar-refractivity contribution is -0.136. The van der Waals surface area contributed by atoms with Gasteiger partial charge >= 0.3 is 0 Å². The molecule has 3 aliphatic rings. The van der Waals surface area contributed by atoms with E-state index in [-0.39, 0.29) is 24.2 Å². The molecule has 1 saturated carbocycles. The fraction of sp³-hybridized carbons (Fsp3) is 0.824. The van der Waals surface area contributed by atoms with Crippen molar-refractivity contribution in [3.05, 3.63) is 11.6 Å². The van der Waals surface area contributed by atoms with E-state index < -0.39 is 15.3 Å². The quantitative estimate of drug-likeness (QED) is 0.695. The molecule has 144 valence electrons. The number of carbonyl (C=O) groups excluding carboxylic acids is 1. The minimum absolute atomic E-state index is 0. The predicted molar refractivity (Wildman–Crippen MR) is 101 cm³/mol. The molecule has 8 heteroatoms. The van der Waals surface area contributed by atoms with Crippen molar-refractivity contribution in [2.45, 2.75) is 50.2 Å².